The van der Waals surface area contributed by atoms with Crippen LogP contribution in [0.1, 0.15) is 11.9 Å². The lowest BCUT2D eigenvalue weighted by Gasteiger charge is -2.16. The molecule has 0 aromatic heterocycles. The lowest BCUT2D eigenvalue weighted by atomic mass is 10.2. The summed E-state index contributed by atoms with van der Waals surface area (Å²) in [7, 11) is 0. The molecule has 7 heteroatoms. The molecule has 94 valence electrons. The van der Waals surface area contributed by atoms with Crippen LogP contribution in [0.5, 0.6) is 5.75 Å². The normalized spacial score (nSPS) is 17.4. The van der Waals surface area contributed by atoms with E-state index in [0.29, 0.717) is 17.7 Å². The average Bonchev–Trinajstić information content (AvgIpc) is 2.71. The summed E-state index contributed by atoms with van der Waals surface area (Å²) in [5.41, 5.74) is 0.217. The van der Waals surface area contributed by atoms with E-state index in [4.69, 9.17) is 9.47 Å². The van der Waals surface area contributed by atoms with Crippen LogP contribution in [0.15, 0.2) is 22.7 Å². The zero-order valence-electron chi connectivity index (χ0n) is 8.46. The molecule has 3 nitrogen and oxygen atoms in total. The van der Waals surface area contributed by atoms with Crippen molar-refractivity contribution < 1.29 is 27.4 Å². The molecule has 1 aliphatic heterocycles. The minimum atomic E-state index is -4.73. The molecule has 0 N–H and O–H groups in total. The number of benzene rings is 1. The minimum absolute atomic E-state index is 0.217. The first-order valence-corrected chi connectivity index (χ1v) is 5.53. The lowest BCUT2D eigenvalue weighted by molar-refractivity contribution is -0.275. The molecule has 0 unspecified atom stereocenters. The van der Waals surface area contributed by atoms with Crippen LogP contribution < -0.4 is 4.74 Å². The SMILES string of the molecule is FC(F)(F)Oc1ccc(Br)cc1C1OCCO1. The Morgan fingerprint density at radius 2 is 1.88 bits per heavy atom. The molecule has 0 amide bonds. The van der Waals surface area contributed by atoms with Crippen LogP contribution in [0.3, 0.4) is 0 Å². The number of alkyl halides is 3. The minimum Gasteiger partial charge on any atom is -0.405 e. The van der Waals surface area contributed by atoms with Gasteiger partial charge in [-0.15, -0.1) is 13.2 Å². The predicted octanol–water partition coefficient (Wildman–Crippen LogP) is 3.39. The molecule has 0 saturated carbocycles. The van der Waals surface area contributed by atoms with E-state index in [-0.39, 0.29) is 11.3 Å². The van der Waals surface area contributed by atoms with Crippen LogP contribution in [-0.2, 0) is 9.47 Å². The lowest BCUT2D eigenvalue weighted by Crippen LogP contribution is -2.18. The number of ether oxygens (including phenoxy) is 3. The second-order valence-electron chi connectivity index (χ2n) is 3.30. The highest BCUT2D eigenvalue weighted by atomic mass is 79.9. The van der Waals surface area contributed by atoms with Gasteiger partial charge in [-0.3, -0.25) is 0 Å². The Balaban J connectivity index is 2.30. The van der Waals surface area contributed by atoms with E-state index in [9.17, 15) is 13.2 Å². The molecule has 0 atom stereocenters. The van der Waals surface area contributed by atoms with Crippen LogP contribution >= 0.6 is 15.9 Å². The summed E-state index contributed by atoms with van der Waals surface area (Å²) in [5.74, 6) is -0.312. The Morgan fingerprint density at radius 3 is 2.47 bits per heavy atom. The van der Waals surface area contributed by atoms with Gasteiger partial charge in [0.1, 0.15) is 5.75 Å². The van der Waals surface area contributed by atoms with Gasteiger partial charge in [-0.25, -0.2) is 0 Å². The molecule has 1 aromatic rings. The first-order valence-electron chi connectivity index (χ1n) is 4.74. The van der Waals surface area contributed by atoms with Crippen molar-refractivity contribution in [2.45, 2.75) is 12.7 Å². The molecule has 0 spiro atoms. The smallest absolute Gasteiger partial charge is 0.405 e. The largest absolute Gasteiger partial charge is 0.573 e. The van der Waals surface area contributed by atoms with E-state index in [1.807, 2.05) is 0 Å². The maximum Gasteiger partial charge on any atom is 0.573 e. The summed E-state index contributed by atoms with van der Waals surface area (Å²) in [6.07, 6.45) is -5.55. The monoisotopic (exact) mass is 312 g/mol. The highest BCUT2D eigenvalue weighted by Crippen LogP contribution is 2.36. The van der Waals surface area contributed by atoms with E-state index in [2.05, 4.69) is 20.7 Å². The second-order valence-corrected chi connectivity index (χ2v) is 4.22. The molecule has 17 heavy (non-hydrogen) atoms. The zero-order valence-corrected chi connectivity index (χ0v) is 10.0. The molecule has 1 saturated heterocycles. The summed E-state index contributed by atoms with van der Waals surface area (Å²) < 4.78 is 51.4. The summed E-state index contributed by atoms with van der Waals surface area (Å²) in [4.78, 5) is 0. The molecule has 0 aliphatic carbocycles. The highest BCUT2D eigenvalue weighted by Gasteiger charge is 2.34. The quantitative estimate of drug-likeness (QED) is 0.837. The van der Waals surface area contributed by atoms with Crippen molar-refractivity contribution in [1.29, 1.82) is 0 Å². The van der Waals surface area contributed by atoms with Crippen molar-refractivity contribution in [3.63, 3.8) is 0 Å². The van der Waals surface area contributed by atoms with Crippen LogP contribution in [0.25, 0.3) is 0 Å². The van der Waals surface area contributed by atoms with Crippen molar-refractivity contribution in [2.75, 3.05) is 13.2 Å². The van der Waals surface area contributed by atoms with Gasteiger partial charge in [0.05, 0.1) is 18.8 Å². The van der Waals surface area contributed by atoms with Crippen molar-refractivity contribution in [1.82, 2.24) is 0 Å². The van der Waals surface area contributed by atoms with E-state index < -0.39 is 12.7 Å². The van der Waals surface area contributed by atoms with Gasteiger partial charge in [-0.2, -0.15) is 0 Å². The van der Waals surface area contributed by atoms with E-state index in [1.54, 1.807) is 0 Å². The molecule has 2 rings (SSSR count). The Bertz CT molecular complexity index is 402. The van der Waals surface area contributed by atoms with E-state index in [1.165, 1.54) is 18.2 Å². The number of rotatable bonds is 2. The predicted molar refractivity (Wildman–Crippen MR) is 55.5 cm³/mol. The van der Waals surface area contributed by atoms with Crippen molar-refractivity contribution >= 4 is 15.9 Å². The molecular formula is C10H8BrF3O3. The first kappa shape index (κ1) is 12.7. The number of halogens is 4. The van der Waals surface area contributed by atoms with Crippen molar-refractivity contribution in [2.24, 2.45) is 0 Å². The van der Waals surface area contributed by atoms with Crippen LogP contribution in [0.4, 0.5) is 13.2 Å². The van der Waals surface area contributed by atoms with Crippen LogP contribution in [-0.4, -0.2) is 19.6 Å². The molecule has 1 heterocycles. The van der Waals surface area contributed by atoms with Gasteiger partial charge < -0.3 is 14.2 Å². The standard InChI is InChI=1S/C10H8BrF3O3/c11-6-1-2-8(17-10(12,13)14)7(5-6)9-15-3-4-16-9/h1-2,5,9H,3-4H2. The third-order valence-electron chi connectivity index (χ3n) is 2.07. The van der Waals surface area contributed by atoms with Crippen molar-refractivity contribution in [3.05, 3.63) is 28.2 Å². The van der Waals surface area contributed by atoms with Gasteiger partial charge in [0.15, 0.2) is 6.29 Å². The Hall–Kier alpha value is -0.790. The Morgan fingerprint density at radius 1 is 1.24 bits per heavy atom. The molecular weight excluding hydrogens is 305 g/mol. The summed E-state index contributed by atoms with van der Waals surface area (Å²) in [6, 6.07) is 4.16. The van der Waals surface area contributed by atoms with Gasteiger partial charge >= 0.3 is 6.36 Å². The van der Waals surface area contributed by atoms with Crippen molar-refractivity contribution in [3.8, 4) is 5.75 Å². The highest BCUT2D eigenvalue weighted by molar-refractivity contribution is 9.10. The second kappa shape index (κ2) is 4.83. The fraction of sp³-hybridized carbons (Fsp3) is 0.400. The Labute approximate surface area is 104 Å². The maximum absolute atomic E-state index is 12.2. The van der Waals surface area contributed by atoms with Crippen LogP contribution in [0.2, 0.25) is 0 Å². The average molecular weight is 313 g/mol. The van der Waals surface area contributed by atoms with Gasteiger partial charge in [0.25, 0.3) is 0 Å². The number of hydrogen-bond acceptors (Lipinski definition) is 3. The first-order chi connectivity index (χ1) is 7.96. The van der Waals surface area contributed by atoms with Gasteiger partial charge in [0.2, 0.25) is 0 Å². The molecule has 1 aromatic carbocycles. The van der Waals surface area contributed by atoms with E-state index >= 15 is 0 Å². The third-order valence-corrected chi connectivity index (χ3v) is 2.57. The maximum atomic E-state index is 12.2. The topological polar surface area (TPSA) is 27.7 Å². The molecule has 1 aliphatic rings. The van der Waals surface area contributed by atoms with E-state index in [0.717, 1.165) is 0 Å². The zero-order chi connectivity index (χ0) is 12.5. The van der Waals surface area contributed by atoms with Gasteiger partial charge in [-0.1, -0.05) is 15.9 Å². The summed E-state index contributed by atoms with van der Waals surface area (Å²) in [6.45, 7) is 0.700. The molecule has 0 bridgehead atoms. The fourth-order valence-corrected chi connectivity index (χ4v) is 1.84. The summed E-state index contributed by atoms with van der Waals surface area (Å²) in [5, 5.41) is 0. The third kappa shape index (κ3) is 3.34. The Kier molecular flexibility index (Phi) is 3.60. The molecule has 0 radical (unpaired) electrons. The molecule has 1 fully saturated rings. The van der Waals surface area contributed by atoms with Gasteiger partial charge in [-0.05, 0) is 18.2 Å². The summed E-state index contributed by atoms with van der Waals surface area (Å²) >= 11 is 3.18. The number of hydrogen-bond donors (Lipinski definition) is 0. The van der Waals surface area contributed by atoms with Gasteiger partial charge in [0, 0.05) is 4.47 Å². The fourth-order valence-electron chi connectivity index (χ4n) is 1.46. The van der Waals surface area contributed by atoms with Crippen LogP contribution in [0, 0.1) is 0 Å².